The second kappa shape index (κ2) is 7.63. The Bertz CT molecular complexity index is 842. The fraction of sp³-hybridized carbons (Fsp3) is 0.158. The first-order valence-electron chi connectivity index (χ1n) is 7.86. The number of amides is 1. The van der Waals surface area contributed by atoms with Crippen molar-refractivity contribution < 1.29 is 19.2 Å². The molecule has 0 saturated heterocycles. The molecule has 3 rings (SSSR count). The van der Waals surface area contributed by atoms with E-state index in [0.717, 1.165) is 5.56 Å². The first kappa shape index (κ1) is 16.7. The van der Waals surface area contributed by atoms with Gasteiger partial charge in [-0.3, -0.25) is 4.79 Å². The molecule has 0 atom stereocenters. The molecule has 2 N–H and O–H groups in total. The Morgan fingerprint density at radius 3 is 2.56 bits per heavy atom. The fourth-order valence-corrected chi connectivity index (χ4v) is 2.42. The van der Waals surface area contributed by atoms with Crippen molar-refractivity contribution in [1.82, 2.24) is 5.16 Å². The zero-order chi connectivity index (χ0) is 17.6. The summed E-state index contributed by atoms with van der Waals surface area (Å²) in [5, 5.41) is 15.5. The van der Waals surface area contributed by atoms with Crippen molar-refractivity contribution in [3.63, 3.8) is 0 Å². The van der Waals surface area contributed by atoms with Crippen LogP contribution in [0.2, 0.25) is 0 Å². The van der Waals surface area contributed by atoms with Crippen LogP contribution in [0.5, 0.6) is 5.75 Å². The molecule has 0 aliphatic carbocycles. The van der Waals surface area contributed by atoms with Gasteiger partial charge in [-0.25, -0.2) is 0 Å². The highest BCUT2D eigenvalue weighted by atomic mass is 16.5. The number of aliphatic hydroxyl groups excluding tert-OH is 1. The number of benzene rings is 2. The highest BCUT2D eigenvalue weighted by molar-refractivity contribution is 6.08. The van der Waals surface area contributed by atoms with Crippen LogP contribution in [0.25, 0.3) is 11.3 Å². The minimum Gasteiger partial charge on any atom is -0.491 e. The summed E-state index contributed by atoms with van der Waals surface area (Å²) in [4.78, 5) is 12.7. The number of ether oxygens (including phenoxy) is 1. The van der Waals surface area contributed by atoms with Gasteiger partial charge in [0.1, 0.15) is 17.9 Å². The van der Waals surface area contributed by atoms with Gasteiger partial charge in [0.2, 0.25) is 0 Å². The number of aliphatic hydroxyl groups is 1. The minimum absolute atomic E-state index is 0.0481. The van der Waals surface area contributed by atoms with E-state index in [2.05, 4.69) is 10.5 Å². The standard InChI is InChI=1S/C19H18N2O4/c1-13-17(18(25-21-13)14-5-3-2-4-6-14)19(23)20-15-7-9-16(10-8-15)24-12-11-22/h2-10,22H,11-12H2,1H3,(H,20,23). The van der Waals surface area contributed by atoms with Crippen LogP contribution in [-0.2, 0) is 0 Å². The second-order valence-corrected chi connectivity index (χ2v) is 5.39. The molecular weight excluding hydrogens is 320 g/mol. The summed E-state index contributed by atoms with van der Waals surface area (Å²) >= 11 is 0. The number of carbonyl (C=O) groups excluding carboxylic acids is 1. The van der Waals surface area contributed by atoms with Crippen LogP contribution in [0.15, 0.2) is 59.1 Å². The van der Waals surface area contributed by atoms with Gasteiger partial charge in [0.25, 0.3) is 5.91 Å². The normalized spacial score (nSPS) is 10.5. The summed E-state index contributed by atoms with van der Waals surface area (Å²) < 4.78 is 10.6. The maximum absolute atomic E-state index is 12.7. The van der Waals surface area contributed by atoms with Crippen LogP contribution in [0.1, 0.15) is 16.1 Å². The molecule has 25 heavy (non-hydrogen) atoms. The van der Waals surface area contributed by atoms with Crippen molar-refractivity contribution in [3.8, 4) is 17.1 Å². The van der Waals surface area contributed by atoms with E-state index in [1.165, 1.54) is 0 Å². The maximum Gasteiger partial charge on any atom is 0.261 e. The SMILES string of the molecule is Cc1noc(-c2ccccc2)c1C(=O)Nc1ccc(OCCO)cc1. The zero-order valence-corrected chi connectivity index (χ0v) is 13.7. The summed E-state index contributed by atoms with van der Waals surface area (Å²) in [5.74, 6) is 0.776. The number of rotatable bonds is 6. The van der Waals surface area contributed by atoms with E-state index in [-0.39, 0.29) is 19.1 Å². The van der Waals surface area contributed by atoms with Crippen LogP contribution < -0.4 is 10.1 Å². The Labute approximate surface area is 145 Å². The highest BCUT2D eigenvalue weighted by Crippen LogP contribution is 2.27. The molecule has 128 valence electrons. The van der Waals surface area contributed by atoms with Gasteiger partial charge in [0.05, 0.1) is 12.3 Å². The van der Waals surface area contributed by atoms with Crippen molar-refractivity contribution >= 4 is 11.6 Å². The number of hydrogen-bond donors (Lipinski definition) is 2. The fourth-order valence-electron chi connectivity index (χ4n) is 2.42. The van der Waals surface area contributed by atoms with Gasteiger partial charge in [-0.2, -0.15) is 0 Å². The quantitative estimate of drug-likeness (QED) is 0.720. The van der Waals surface area contributed by atoms with Crippen molar-refractivity contribution in [2.45, 2.75) is 6.92 Å². The Morgan fingerprint density at radius 1 is 1.16 bits per heavy atom. The molecule has 0 saturated carbocycles. The molecule has 3 aromatic rings. The van der Waals surface area contributed by atoms with E-state index in [4.69, 9.17) is 14.4 Å². The average molecular weight is 338 g/mol. The van der Waals surface area contributed by atoms with Crippen LogP contribution in [0.4, 0.5) is 5.69 Å². The third-order valence-electron chi connectivity index (χ3n) is 3.60. The highest BCUT2D eigenvalue weighted by Gasteiger charge is 2.21. The van der Waals surface area contributed by atoms with Gasteiger partial charge in [-0.05, 0) is 31.2 Å². The minimum atomic E-state index is -0.290. The van der Waals surface area contributed by atoms with E-state index in [1.54, 1.807) is 31.2 Å². The number of nitrogens with one attached hydrogen (secondary N) is 1. The number of anilines is 1. The number of hydrogen-bond acceptors (Lipinski definition) is 5. The zero-order valence-electron chi connectivity index (χ0n) is 13.7. The van der Waals surface area contributed by atoms with Crippen molar-refractivity contribution in [2.75, 3.05) is 18.5 Å². The van der Waals surface area contributed by atoms with Crippen LogP contribution in [0, 0.1) is 6.92 Å². The van der Waals surface area contributed by atoms with Gasteiger partial charge < -0.3 is 19.7 Å². The van der Waals surface area contributed by atoms with E-state index < -0.39 is 0 Å². The average Bonchev–Trinajstić information content (AvgIpc) is 3.03. The van der Waals surface area contributed by atoms with Crippen molar-refractivity contribution in [3.05, 3.63) is 65.9 Å². The summed E-state index contributed by atoms with van der Waals surface area (Å²) in [7, 11) is 0. The third kappa shape index (κ3) is 3.87. The lowest BCUT2D eigenvalue weighted by molar-refractivity contribution is 0.102. The number of aryl methyl sites for hydroxylation is 1. The Hall–Kier alpha value is -3.12. The molecule has 0 spiro atoms. The first-order valence-corrected chi connectivity index (χ1v) is 7.86. The van der Waals surface area contributed by atoms with Crippen LogP contribution in [0.3, 0.4) is 0 Å². The lowest BCUT2D eigenvalue weighted by Gasteiger charge is -2.08. The topological polar surface area (TPSA) is 84.6 Å². The van der Waals surface area contributed by atoms with Gasteiger partial charge in [-0.15, -0.1) is 0 Å². The monoisotopic (exact) mass is 338 g/mol. The van der Waals surface area contributed by atoms with Crippen molar-refractivity contribution in [2.24, 2.45) is 0 Å². The Morgan fingerprint density at radius 2 is 1.88 bits per heavy atom. The smallest absolute Gasteiger partial charge is 0.261 e. The number of aromatic nitrogens is 1. The molecule has 0 bridgehead atoms. The van der Waals surface area contributed by atoms with E-state index in [1.807, 2.05) is 30.3 Å². The lowest BCUT2D eigenvalue weighted by atomic mass is 10.1. The molecule has 0 radical (unpaired) electrons. The molecule has 1 heterocycles. The summed E-state index contributed by atoms with van der Waals surface area (Å²) in [6.07, 6.45) is 0. The molecule has 0 aliphatic rings. The lowest BCUT2D eigenvalue weighted by Crippen LogP contribution is -2.13. The van der Waals surface area contributed by atoms with E-state index in [9.17, 15) is 4.79 Å². The third-order valence-corrected chi connectivity index (χ3v) is 3.60. The Balaban J connectivity index is 1.79. The van der Waals surface area contributed by atoms with Gasteiger partial charge >= 0.3 is 0 Å². The second-order valence-electron chi connectivity index (χ2n) is 5.39. The molecule has 6 nitrogen and oxygen atoms in total. The molecular formula is C19H18N2O4. The predicted molar refractivity (Wildman–Crippen MR) is 93.7 cm³/mol. The van der Waals surface area contributed by atoms with Crippen molar-refractivity contribution in [1.29, 1.82) is 0 Å². The first-order chi connectivity index (χ1) is 12.2. The Kier molecular flexibility index (Phi) is 5.11. The molecule has 2 aromatic carbocycles. The number of carbonyl (C=O) groups is 1. The molecule has 1 amide bonds. The molecule has 0 aliphatic heterocycles. The maximum atomic E-state index is 12.7. The van der Waals surface area contributed by atoms with E-state index >= 15 is 0 Å². The van der Waals surface area contributed by atoms with Crippen LogP contribution in [-0.4, -0.2) is 29.4 Å². The molecule has 6 heteroatoms. The number of nitrogens with zero attached hydrogens (tertiary/aromatic N) is 1. The summed E-state index contributed by atoms with van der Waals surface area (Å²) in [6, 6.07) is 16.3. The van der Waals surface area contributed by atoms with Gasteiger partial charge in [0, 0.05) is 11.3 Å². The molecule has 1 aromatic heterocycles. The largest absolute Gasteiger partial charge is 0.491 e. The van der Waals surface area contributed by atoms with E-state index in [0.29, 0.717) is 28.5 Å². The molecule has 0 unspecified atom stereocenters. The predicted octanol–water partition coefficient (Wildman–Crippen LogP) is 3.27. The summed E-state index contributed by atoms with van der Waals surface area (Å²) in [5.41, 5.74) is 2.35. The summed E-state index contributed by atoms with van der Waals surface area (Å²) in [6.45, 7) is 1.91. The van der Waals surface area contributed by atoms with Crippen LogP contribution >= 0.6 is 0 Å². The van der Waals surface area contributed by atoms with Gasteiger partial charge in [-0.1, -0.05) is 35.5 Å². The van der Waals surface area contributed by atoms with Gasteiger partial charge in [0.15, 0.2) is 5.76 Å². The molecule has 0 fully saturated rings.